The summed E-state index contributed by atoms with van der Waals surface area (Å²) in [5, 5.41) is 2.93. The SMILES string of the molecule is Cc1cc(C(=O)NCCCN2CCOCC2)nc(N(C)C)n1. The predicted octanol–water partition coefficient (Wildman–Crippen LogP) is 0.303. The van der Waals surface area contributed by atoms with E-state index in [1.807, 2.05) is 21.0 Å². The lowest BCUT2D eigenvalue weighted by atomic mass is 10.3. The quantitative estimate of drug-likeness (QED) is 0.763. The molecule has 7 heteroatoms. The zero-order chi connectivity index (χ0) is 15.9. The summed E-state index contributed by atoms with van der Waals surface area (Å²) < 4.78 is 5.31. The summed E-state index contributed by atoms with van der Waals surface area (Å²) in [5.41, 5.74) is 1.21. The Labute approximate surface area is 131 Å². The first-order chi connectivity index (χ1) is 10.6. The van der Waals surface area contributed by atoms with E-state index in [1.165, 1.54) is 0 Å². The molecule has 122 valence electrons. The fourth-order valence-electron chi connectivity index (χ4n) is 2.29. The topological polar surface area (TPSA) is 70.6 Å². The standard InChI is InChI=1S/C15H25N5O2/c1-12-11-13(18-15(17-12)19(2)3)14(21)16-5-4-6-20-7-9-22-10-8-20/h11H,4-10H2,1-3H3,(H,16,21). The zero-order valence-electron chi connectivity index (χ0n) is 13.6. The molecule has 1 fully saturated rings. The fourth-order valence-corrected chi connectivity index (χ4v) is 2.29. The number of anilines is 1. The first-order valence-corrected chi connectivity index (χ1v) is 7.67. The molecule has 0 unspecified atom stereocenters. The van der Waals surface area contributed by atoms with Crippen molar-refractivity contribution in [2.75, 3.05) is 58.4 Å². The van der Waals surface area contributed by atoms with Crippen molar-refractivity contribution in [1.29, 1.82) is 0 Å². The van der Waals surface area contributed by atoms with E-state index in [2.05, 4.69) is 20.2 Å². The van der Waals surface area contributed by atoms with Crippen LogP contribution in [0.5, 0.6) is 0 Å². The number of ether oxygens (including phenoxy) is 1. The summed E-state index contributed by atoms with van der Waals surface area (Å²) in [6.45, 7) is 7.06. The van der Waals surface area contributed by atoms with Gasteiger partial charge in [-0.3, -0.25) is 9.69 Å². The molecule has 22 heavy (non-hydrogen) atoms. The second-order valence-electron chi connectivity index (χ2n) is 5.65. The molecule has 0 aromatic carbocycles. The number of rotatable bonds is 6. The summed E-state index contributed by atoms with van der Waals surface area (Å²) in [4.78, 5) is 24.9. The smallest absolute Gasteiger partial charge is 0.270 e. The Bertz CT molecular complexity index is 501. The Morgan fingerprint density at radius 1 is 1.36 bits per heavy atom. The van der Waals surface area contributed by atoms with Crippen molar-refractivity contribution in [2.45, 2.75) is 13.3 Å². The van der Waals surface area contributed by atoms with E-state index in [9.17, 15) is 4.79 Å². The van der Waals surface area contributed by atoms with Crippen LogP contribution in [0.3, 0.4) is 0 Å². The van der Waals surface area contributed by atoms with E-state index < -0.39 is 0 Å². The fraction of sp³-hybridized carbons (Fsp3) is 0.667. The number of aromatic nitrogens is 2. The van der Waals surface area contributed by atoms with Crippen LogP contribution in [0.2, 0.25) is 0 Å². The van der Waals surface area contributed by atoms with Gasteiger partial charge in [0.25, 0.3) is 5.91 Å². The van der Waals surface area contributed by atoms with Gasteiger partial charge >= 0.3 is 0 Å². The van der Waals surface area contributed by atoms with Crippen molar-refractivity contribution in [1.82, 2.24) is 20.2 Å². The van der Waals surface area contributed by atoms with Crippen molar-refractivity contribution in [3.63, 3.8) is 0 Å². The number of carbonyl (C=O) groups excluding carboxylic acids is 1. The first-order valence-electron chi connectivity index (χ1n) is 7.67. The van der Waals surface area contributed by atoms with Gasteiger partial charge in [0.2, 0.25) is 5.95 Å². The third-order valence-electron chi connectivity index (χ3n) is 3.52. The van der Waals surface area contributed by atoms with Crippen molar-refractivity contribution in [2.24, 2.45) is 0 Å². The third kappa shape index (κ3) is 4.92. The van der Waals surface area contributed by atoms with Crippen molar-refractivity contribution in [3.8, 4) is 0 Å². The number of hydrogen-bond donors (Lipinski definition) is 1. The minimum atomic E-state index is -0.143. The molecular weight excluding hydrogens is 282 g/mol. The van der Waals surface area contributed by atoms with Gasteiger partial charge in [0.05, 0.1) is 13.2 Å². The largest absolute Gasteiger partial charge is 0.379 e. The van der Waals surface area contributed by atoms with Crippen LogP contribution >= 0.6 is 0 Å². The molecule has 0 saturated carbocycles. The molecule has 0 aliphatic carbocycles. The van der Waals surface area contributed by atoms with Gasteiger partial charge in [0.1, 0.15) is 5.69 Å². The number of nitrogens with zero attached hydrogens (tertiary/aromatic N) is 4. The maximum atomic E-state index is 12.2. The summed E-state index contributed by atoms with van der Waals surface area (Å²) in [6, 6.07) is 1.71. The number of aryl methyl sites for hydroxylation is 1. The Morgan fingerprint density at radius 2 is 2.09 bits per heavy atom. The van der Waals surface area contributed by atoms with Crippen LogP contribution < -0.4 is 10.2 Å². The summed E-state index contributed by atoms with van der Waals surface area (Å²) >= 11 is 0. The van der Waals surface area contributed by atoms with Crippen molar-refractivity contribution >= 4 is 11.9 Å². The number of nitrogens with one attached hydrogen (secondary N) is 1. The van der Waals surface area contributed by atoms with Gasteiger partial charge in [-0.1, -0.05) is 0 Å². The molecule has 7 nitrogen and oxygen atoms in total. The van der Waals surface area contributed by atoms with Crippen LogP contribution in [0, 0.1) is 6.92 Å². The second kappa shape index (κ2) is 8.05. The minimum Gasteiger partial charge on any atom is -0.379 e. The van der Waals surface area contributed by atoms with Crippen LogP contribution in [0.15, 0.2) is 6.07 Å². The molecular formula is C15H25N5O2. The normalized spacial score (nSPS) is 15.6. The Kier molecular flexibility index (Phi) is 6.09. The van der Waals surface area contributed by atoms with E-state index in [0.717, 1.165) is 45.0 Å². The van der Waals surface area contributed by atoms with E-state index in [4.69, 9.17) is 4.74 Å². The molecule has 2 rings (SSSR count). The maximum Gasteiger partial charge on any atom is 0.270 e. The van der Waals surface area contributed by atoms with Gasteiger partial charge in [-0.25, -0.2) is 9.97 Å². The average molecular weight is 307 g/mol. The van der Waals surface area contributed by atoms with Crippen molar-refractivity contribution in [3.05, 3.63) is 17.5 Å². The number of morpholine rings is 1. The Hall–Kier alpha value is -1.73. The molecule has 1 aliphatic rings. The summed E-state index contributed by atoms with van der Waals surface area (Å²) in [7, 11) is 3.72. The van der Waals surface area contributed by atoms with Gasteiger partial charge in [0.15, 0.2) is 0 Å². The molecule has 1 aromatic rings. The minimum absolute atomic E-state index is 0.143. The highest BCUT2D eigenvalue weighted by Crippen LogP contribution is 2.07. The zero-order valence-corrected chi connectivity index (χ0v) is 13.6. The van der Waals surface area contributed by atoms with E-state index in [0.29, 0.717) is 18.2 Å². The van der Waals surface area contributed by atoms with Gasteiger partial charge < -0.3 is 15.0 Å². The molecule has 0 bridgehead atoms. The molecule has 2 heterocycles. The molecule has 1 aromatic heterocycles. The molecule has 0 atom stereocenters. The molecule has 1 N–H and O–H groups in total. The highest BCUT2D eigenvalue weighted by Gasteiger charge is 2.12. The van der Waals surface area contributed by atoms with E-state index in [1.54, 1.807) is 11.0 Å². The molecule has 0 radical (unpaired) electrons. The van der Waals surface area contributed by atoms with Crippen molar-refractivity contribution < 1.29 is 9.53 Å². The highest BCUT2D eigenvalue weighted by molar-refractivity contribution is 5.92. The van der Waals surface area contributed by atoms with E-state index in [-0.39, 0.29) is 5.91 Å². The maximum absolute atomic E-state index is 12.2. The van der Waals surface area contributed by atoms with Gasteiger partial charge in [-0.2, -0.15) is 0 Å². The lowest BCUT2D eigenvalue weighted by molar-refractivity contribution is 0.0374. The monoisotopic (exact) mass is 307 g/mol. The Morgan fingerprint density at radius 3 is 2.77 bits per heavy atom. The summed E-state index contributed by atoms with van der Waals surface area (Å²) in [6.07, 6.45) is 0.927. The van der Waals surface area contributed by atoms with Gasteiger partial charge in [-0.15, -0.1) is 0 Å². The molecule has 1 saturated heterocycles. The molecule has 1 amide bonds. The van der Waals surface area contributed by atoms with Gasteiger partial charge in [0, 0.05) is 39.4 Å². The lowest BCUT2D eigenvalue weighted by Crippen LogP contribution is -2.38. The van der Waals surface area contributed by atoms with Crippen LogP contribution in [0.4, 0.5) is 5.95 Å². The first kappa shape index (κ1) is 16.6. The molecule has 0 spiro atoms. The molecule has 1 aliphatic heterocycles. The lowest BCUT2D eigenvalue weighted by Gasteiger charge is -2.26. The van der Waals surface area contributed by atoms with Crippen LogP contribution in [-0.4, -0.2) is 74.3 Å². The number of amides is 1. The third-order valence-corrected chi connectivity index (χ3v) is 3.52. The van der Waals surface area contributed by atoms with Crippen LogP contribution in [0.25, 0.3) is 0 Å². The highest BCUT2D eigenvalue weighted by atomic mass is 16.5. The predicted molar refractivity (Wildman–Crippen MR) is 85.3 cm³/mol. The van der Waals surface area contributed by atoms with Gasteiger partial charge in [-0.05, 0) is 26.0 Å². The number of carbonyl (C=O) groups is 1. The summed E-state index contributed by atoms with van der Waals surface area (Å²) in [5.74, 6) is 0.411. The van der Waals surface area contributed by atoms with E-state index >= 15 is 0 Å². The number of hydrogen-bond acceptors (Lipinski definition) is 6. The second-order valence-corrected chi connectivity index (χ2v) is 5.65. The Balaban J connectivity index is 1.79. The van der Waals surface area contributed by atoms with Crippen LogP contribution in [-0.2, 0) is 4.74 Å². The van der Waals surface area contributed by atoms with Crippen LogP contribution in [0.1, 0.15) is 22.6 Å². The average Bonchev–Trinajstić information content (AvgIpc) is 2.51.